The van der Waals surface area contributed by atoms with E-state index in [-0.39, 0.29) is 42.8 Å². The molecule has 0 aromatic rings. The third kappa shape index (κ3) is 44.0. The molecule has 0 aromatic carbocycles. The van der Waals surface area contributed by atoms with Gasteiger partial charge in [-0.25, -0.2) is 4.57 Å². The molecule has 0 unspecified atom stereocenters. The SMILES string of the molecule is O=P(O)(O)O.OCC(O)CO.[Na]. The van der Waals surface area contributed by atoms with Gasteiger partial charge in [0.2, 0.25) is 0 Å². The van der Waals surface area contributed by atoms with Crippen molar-refractivity contribution < 1.29 is 34.6 Å². The quantitative estimate of drug-likeness (QED) is 0.212. The first-order chi connectivity index (χ1) is 4.81. The number of hydrogen-bond donors (Lipinski definition) is 6. The van der Waals surface area contributed by atoms with Crippen molar-refractivity contribution in [1.29, 1.82) is 0 Å². The molecule has 0 fully saturated rings. The second-order valence-corrected chi connectivity index (χ2v) is 2.56. The molecule has 0 spiro atoms. The van der Waals surface area contributed by atoms with E-state index < -0.39 is 13.9 Å². The molecule has 7 nitrogen and oxygen atoms in total. The van der Waals surface area contributed by atoms with Crippen LogP contribution >= 0.6 is 7.82 Å². The molecule has 0 bridgehead atoms. The topological polar surface area (TPSA) is 138 Å². The zero-order valence-corrected chi connectivity index (χ0v) is 9.42. The zero-order valence-electron chi connectivity index (χ0n) is 6.53. The molecule has 0 aliphatic rings. The van der Waals surface area contributed by atoms with Gasteiger partial charge in [0, 0.05) is 29.6 Å². The Morgan fingerprint density at radius 1 is 1.08 bits per heavy atom. The van der Waals surface area contributed by atoms with Crippen molar-refractivity contribution in [3.05, 3.63) is 0 Å². The van der Waals surface area contributed by atoms with Gasteiger partial charge in [-0.1, -0.05) is 0 Å². The molecular formula is C3H11NaO7P. The smallest absolute Gasteiger partial charge is 0.394 e. The van der Waals surface area contributed by atoms with Crippen molar-refractivity contribution in [2.45, 2.75) is 6.10 Å². The molecule has 0 heterocycles. The van der Waals surface area contributed by atoms with Crippen LogP contribution in [0, 0.1) is 0 Å². The average molecular weight is 213 g/mol. The molecule has 0 saturated carbocycles. The predicted molar refractivity (Wildman–Crippen MR) is 40.2 cm³/mol. The molecule has 0 aliphatic heterocycles. The van der Waals surface area contributed by atoms with Crippen LogP contribution in [0.1, 0.15) is 0 Å². The van der Waals surface area contributed by atoms with Gasteiger partial charge >= 0.3 is 7.82 Å². The summed E-state index contributed by atoms with van der Waals surface area (Å²) in [6, 6.07) is 0. The van der Waals surface area contributed by atoms with E-state index >= 15 is 0 Å². The zero-order chi connectivity index (χ0) is 9.49. The third-order valence-electron chi connectivity index (χ3n) is 0.421. The number of aliphatic hydroxyl groups excluding tert-OH is 3. The molecule has 0 saturated heterocycles. The Labute approximate surface area is 91.2 Å². The third-order valence-corrected chi connectivity index (χ3v) is 0.421. The maximum atomic E-state index is 8.88. The van der Waals surface area contributed by atoms with E-state index in [1.807, 2.05) is 0 Å². The van der Waals surface area contributed by atoms with Crippen molar-refractivity contribution in [2.24, 2.45) is 0 Å². The molecule has 71 valence electrons. The second kappa shape index (κ2) is 10.1. The number of hydrogen-bond acceptors (Lipinski definition) is 4. The van der Waals surface area contributed by atoms with Crippen molar-refractivity contribution in [3.63, 3.8) is 0 Å². The molecule has 9 heteroatoms. The van der Waals surface area contributed by atoms with Crippen LogP contribution in [0.2, 0.25) is 0 Å². The number of phosphoric acid groups is 1. The van der Waals surface area contributed by atoms with Crippen LogP contribution in [0.3, 0.4) is 0 Å². The minimum absolute atomic E-state index is 0. The Kier molecular flexibility index (Phi) is 15.7. The fraction of sp³-hybridized carbons (Fsp3) is 1.00. The van der Waals surface area contributed by atoms with E-state index in [2.05, 4.69) is 0 Å². The van der Waals surface area contributed by atoms with Gasteiger partial charge in [-0.05, 0) is 0 Å². The Bertz CT molecular complexity index is 112. The van der Waals surface area contributed by atoms with Crippen LogP contribution in [0.15, 0.2) is 0 Å². The fourth-order valence-electron chi connectivity index (χ4n) is 0.0577. The normalized spacial score (nSPS) is 9.92. The fourth-order valence-corrected chi connectivity index (χ4v) is 0.0577. The van der Waals surface area contributed by atoms with Gasteiger partial charge in [-0.15, -0.1) is 0 Å². The van der Waals surface area contributed by atoms with Gasteiger partial charge in [0.25, 0.3) is 0 Å². The minimum atomic E-state index is -4.64. The first kappa shape index (κ1) is 18.7. The van der Waals surface area contributed by atoms with Crippen LogP contribution in [0.25, 0.3) is 0 Å². The van der Waals surface area contributed by atoms with Crippen molar-refractivity contribution in [1.82, 2.24) is 0 Å². The van der Waals surface area contributed by atoms with Gasteiger partial charge in [0.1, 0.15) is 6.10 Å². The van der Waals surface area contributed by atoms with Gasteiger partial charge in [-0.3, -0.25) is 0 Å². The first-order valence-corrected chi connectivity index (χ1v) is 4.05. The van der Waals surface area contributed by atoms with Crippen LogP contribution in [-0.4, -0.2) is 78.9 Å². The molecule has 12 heavy (non-hydrogen) atoms. The number of rotatable bonds is 2. The molecular weight excluding hydrogens is 202 g/mol. The largest absolute Gasteiger partial charge is 0.466 e. The van der Waals surface area contributed by atoms with E-state index in [4.69, 9.17) is 34.6 Å². The van der Waals surface area contributed by atoms with Crippen molar-refractivity contribution in [3.8, 4) is 0 Å². The van der Waals surface area contributed by atoms with Crippen LogP contribution < -0.4 is 0 Å². The summed E-state index contributed by atoms with van der Waals surface area (Å²) < 4.78 is 8.88. The van der Waals surface area contributed by atoms with Gasteiger partial charge in [0.05, 0.1) is 13.2 Å². The summed E-state index contributed by atoms with van der Waals surface area (Å²) in [6.45, 7) is -0.729. The maximum absolute atomic E-state index is 8.88. The van der Waals surface area contributed by atoms with Crippen molar-refractivity contribution in [2.75, 3.05) is 13.2 Å². The summed E-state index contributed by atoms with van der Waals surface area (Å²) in [5.74, 6) is 0. The Balaban J connectivity index is -0.000000126. The first-order valence-electron chi connectivity index (χ1n) is 2.49. The monoisotopic (exact) mass is 213 g/mol. The summed E-state index contributed by atoms with van der Waals surface area (Å²) in [6.07, 6.45) is -0.954. The van der Waals surface area contributed by atoms with Gasteiger partial charge in [-0.2, -0.15) is 0 Å². The molecule has 0 amide bonds. The molecule has 0 aromatic heterocycles. The van der Waals surface area contributed by atoms with E-state index in [9.17, 15) is 0 Å². The maximum Gasteiger partial charge on any atom is 0.466 e. The Morgan fingerprint density at radius 2 is 1.25 bits per heavy atom. The predicted octanol–water partition coefficient (Wildman–Crippen LogP) is -2.98. The van der Waals surface area contributed by atoms with Gasteiger partial charge < -0.3 is 30.0 Å². The molecule has 1 radical (unpaired) electrons. The Hall–Kier alpha value is 0.990. The second-order valence-electron chi connectivity index (χ2n) is 1.53. The standard InChI is InChI=1S/C3H8O3.Na.H3O4P/c4-1-3(6)2-5;;1-5(2,3)4/h3-6H,1-2H2;;(H3,1,2,3,4). The average Bonchev–Trinajstić information content (AvgIpc) is 1.83. The minimum Gasteiger partial charge on any atom is -0.394 e. The molecule has 0 rings (SSSR count). The van der Waals surface area contributed by atoms with E-state index in [0.29, 0.717) is 0 Å². The van der Waals surface area contributed by atoms with E-state index in [0.717, 1.165) is 0 Å². The summed E-state index contributed by atoms with van der Waals surface area (Å²) in [5.41, 5.74) is 0. The van der Waals surface area contributed by atoms with Gasteiger partial charge in [0.15, 0.2) is 0 Å². The summed E-state index contributed by atoms with van der Waals surface area (Å²) >= 11 is 0. The summed E-state index contributed by atoms with van der Waals surface area (Å²) in [5, 5.41) is 24.0. The van der Waals surface area contributed by atoms with E-state index in [1.165, 1.54) is 0 Å². The molecule has 0 atom stereocenters. The summed E-state index contributed by atoms with van der Waals surface area (Å²) in [4.78, 5) is 21.6. The van der Waals surface area contributed by atoms with E-state index in [1.54, 1.807) is 0 Å². The molecule has 0 aliphatic carbocycles. The van der Waals surface area contributed by atoms with Crippen LogP contribution in [0.5, 0.6) is 0 Å². The Morgan fingerprint density at radius 3 is 1.25 bits per heavy atom. The van der Waals surface area contributed by atoms with Crippen LogP contribution in [-0.2, 0) is 4.57 Å². The van der Waals surface area contributed by atoms with Crippen LogP contribution in [0.4, 0.5) is 0 Å². The molecule has 6 N–H and O–H groups in total. The summed E-state index contributed by atoms with van der Waals surface area (Å²) in [7, 11) is -4.64. The number of aliphatic hydroxyl groups is 3. The van der Waals surface area contributed by atoms with Crippen molar-refractivity contribution >= 4 is 37.4 Å².